The van der Waals surface area contributed by atoms with E-state index in [4.69, 9.17) is 4.74 Å². The first-order valence-electron chi connectivity index (χ1n) is 7.01. The Bertz CT molecular complexity index is 437. The maximum Gasteiger partial charge on any atom is 0.409 e. The minimum atomic E-state index is -0.285. The molecule has 2 amide bonds. The molecule has 1 aromatic rings. The molecule has 6 heteroatoms. The van der Waals surface area contributed by atoms with E-state index in [2.05, 4.69) is 0 Å². The van der Waals surface area contributed by atoms with E-state index in [0.717, 1.165) is 0 Å². The summed E-state index contributed by atoms with van der Waals surface area (Å²) in [6.45, 7) is 5.15. The van der Waals surface area contributed by atoms with Crippen LogP contribution < -0.4 is 0 Å². The van der Waals surface area contributed by atoms with Crippen molar-refractivity contribution in [3.63, 3.8) is 0 Å². The largest absolute Gasteiger partial charge is 0.450 e. The zero-order valence-corrected chi connectivity index (χ0v) is 11.8. The Morgan fingerprint density at radius 2 is 1.65 bits per heavy atom. The number of piperazine rings is 1. The van der Waals surface area contributed by atoms with Crippen LogP contribution in [0.3, 0.4) is 0 Å². The summed E-state index contributed by atoms with van der Waals surface area (Å²) in [5.74, 6) is 0.141. The molecule has 0 bridgehead atoms. The number of aryl methyl sites for hydroxylation is 1. The molecule has 0 saturated carbocycles. The number of carbonyl (C=O) groups excluding carboxylic acids is 2. The molecule has 0 N–H and O–H groups in total. The number of hydrogen-bond acceptors (Lipinski definition) is 3. The van der Waals surface area contributed by atoms with Crippen LogP contribution in [0.4, 0.5) is 4.79 Å². The molecule has 0 unspecified atom stereocenters. The van der Waals surface area contributed by atoms with Crippen LogP contribution in [0.1, 0.15) is 13.3 Å². The van der Waals surface area contributed by atoms with Crippen molar-refractivity contribution in [3.8, 4) is 0 Å². The predicted molar refractivity (Wildman–Crippen MR) is 74.2 cm³/mol. The average Bonchev–Trinajstić information content (AvgIpc) is 2.98. The number of hydrogen-bond donors (Lipinski definition) is 0. The number of carbonyl (C=O) groups is 2. The Balaban J connectivity index is 1.73. The van der Waals surface area contributed by atoms with E-state index < -0.39 is 0 Å². The van der Waals surface area contributed by atoms with Gasteiger partial charge in [-0.15, -0.1) is 0 Å². The van der Waals surface area contributed by atoms with Crippen LogP contribution in [0.15, 0.2) is 24.5 Å². The Morgan fingerprint density at radius 3 is 2.25 bits per heavy atom. The monoisotopic (exact) mass is 279 g/mol. The van der Waals surface area contributed by atoms with Gasteiger partial charge in [0.05, 0.1) is 6.61 Å². The van der Waals surface area contributed by atoms with Crippen LogP contribution in [0.2, 0.25) is 0 Å². The highest BCUT2D eigenvalue weighted by Crippen LogP contribution is 2.06. The van der Waals surface area contributed by atoms with Gasteiger partial charge in [0.15, 0.2) is 0 Å². The van der Waals surface area contributed by atoms with Crippen LogP contribution in [0.5, 0.6) is 0 Å². The molecule has 1 aliphatic rings. The standard InChI is InChI=1S/C14H21N3O3/c1-2-20-14(19)17-11-9-16(10-12-17)13(18)5-8-15-6-3-4-7-15/h3-4,6-7H,2,5,8-12H2,1H3. The molecule has 1 aliphatic heterocycles. The van der Waals surface area contributed by atoms with Crippen molar-refractivity contribution in [3.05, 3.63) is 24.5 Å². The fraction of sp³-hybridized carbons (Fsp3) is 0.571. The van der Waals surface area contributed by atoms with Crippen molar-refractivity contribution in [2.45, 2.75) is 19.9 Å². The second-order valence-electron chi connectivity index (χ2n) is 4.74. The normalized spacial score (nSPS) is 15.2. The Hall–Kier alpha value is -1.98. The summed E-state index contributed by atoms with van der Waals surface area (Å²) in [5, 5.41) is 0. The molecule has 1 saturated heterocycles. The van der Waals surface area contributed by atoms with Gasteiger partial charge in [0.2, 0.25) is 5.91 Å². The van der Waals surface area contributed by atoms with Crippen LogP contribution in [0.25, 0.3) is 0 Å². The van der Waals surface area contributed by atoms with Gasteiger partial charge in [0.1, 0.15) is 0 Å². The van der Waals surface area contributed by atoms with Crippen molar-refractivity contribution in [1.82, 2.24) is 14.4 Å². The van der Waals surface area contributed by atoms with Crippen molar-refractivity contribution in [2.24, 2.45) is 0 Å². The van der Waals surface area contributed by atoms with E-state index in [1.165, 1.54) is 0 Å². The van der Waals surface area contributed by atoms with Gasteiger partial charge in [-0.2, -0.15) is 0 Å². The first kappa shape index (κ1) is 14.4. The molecule has 6 nitrogen and oxygen atoms in total. The van der Waals surface area contributed by atoms with Gasteiger partial charge in [0, 0.05) is 51.5 Å². The zero-order valence-electron chi connectivity index (χ0n) is 11.8. The molecular formula is C14H21N3O3. The van der Waals surface area contributed by atoms with Gasteiger partial charge < -0.3 is 19.1 Å². The number of aromatic nitrogens is 1. The minimum Gasteiger partial charge on any atom is -0.450 e. The van der Waals surface area contributed by atoms with Crippen LogP contribution >= 0.6 is 0 Å². The zero-order chi connectivity index (χ0) is 14.4. The molecule has 2 heterocycles. The van der Waals surface area contributed by atoms with Crippen molar-refractivity contribution >= 4 is 12.0 Å². The van der Waals surface area contributed by atoms with Gasteiger partial charge in [0.25, 0.3) is 0 Å². The van der Waals surface area contributed by atoms with E-state index >= 15 is 0 Å². The maximum atomic E-state index is 12.1. The molecule has 1 fully saturated rings. The van der Waals surface area contributed by atoms with Gasteiger partial charge in [-0.3, -0.25) is 4.79 Å². The minimum absolute atomic E-state index is 0.141. The molecule has 0 radical (unpaired) electrons. The smallest absolute Gasteiger partial charge is 0.409 e. The Labute approximate surface area is 118 Å². The van der Waals surface area contributed by atoms with E-state index in [-0.39, 0.29) is 12.0 Å². The lowest BCUT2D eigenvalue weighted by molar-refractivity contribution is -0.133. The lowest BCUT2D eigenvalue weighted by atomic mass is 10.3. The van der Waals surface area contributed by atoms with Gasteiger partial charge in [-0.05, 0) is 19.1 Å². The van der Waals surface area contributed by atoms with Crippen LogP contribution in [-0.2, 0) is 16.1 Å². The first-order chi connectivity index (χ1) is 9.70. The summed E-state index contributed by atoms with van der Waals surface area (Å²) < 4.78 is 6.95. The summed E-state index contributed by atoms with van der Waals surface area (Å²) >= 11 is 0. The van der Waals surface area contributed by atoms with Crippen LogP contribution in [0, 0.1) is 0 Å². The number of ether oxygens (including phenoxy) is 1. The highest BCUT2D eigenvalue weighted by Gasteiger charge is 2.24. The molecule has 2 rings (SSSR count). The average molecular weight is 279 g/mol. The molecule has 1 aromatic heterocycles. The van der Waals surface area contributed by atoms with Crippen LogP contribution in [-0.4, -0.2) is 59.2 Å². The predicted octanol–water partition coefficient (Wildman–Crippen LogP) is 1.18. The summed E-state index contributed by atoms with van der Waals surface area (Å²) in [4.78, 5) is 27.1. The fourth-order valence-electron chi connectivity index (χ4n) is 2.26. The Morgan fingerprint density at radius 1 is 1.05 bits per heavy atom. The third-order valence-electron chi connectivity index (χ3n) is 3.41. The fourth-order valence-corrected chi connectivity index (χ4v) is 2.26. The lowest BCUT2D eigenvalue weighted by Crippen LogP contribution is -2.50. The number of rotatable bonds is 4. The van der Waals surface area contributed by atoms with Crippen molar-refractivity contribution in [1.29, 1.82) is 0 Å². The highest BCUT2D eigenvalue weighted by molar-refractivity contribution is 5.76. The molecule has 0 aromatic carbocycles. The second kappa shape index (κ2) is 6.98. The van der Waals surface area contributed by atoms with E-state index in [9.17, 15) is 9.59 Å². The van der Waals surface area contributed by atoms with E-state index in [1.54, 1.807) is 11.8 Å². The van der Waals surface area contributed by atoms with E-state index in [0.29, 0.717) is 45.8 Å². The van der Waals surface area contributed by atoms with Gasteiger partial charge >= 0.3 is 6.09 Å². The molecule has 110 valence electrons. The molecule has 0 aliphatic carbocycles. The third-order valence-corrected chi connectivity index (χ3v) is 3.41. The maximum absolute atomic E-state index is 12.1. The van der Waals surface area contributed by atoms with Crippen molar-refractivity contribution < 1.29 is 14.3 Å². The topological polar surface area (TPSA) is 54.8 Å². The molecule has 0 spiro atoms. The number of nitrogens with zero attached hydrogens (tertiary/aromatic N) is 3. The van der Waals surface area contributed by atoms with Crippen molar-refractivity contribution in [2.75, 3.05) is 32.8 Å². The quantitative estimate of drug-likeness (QED) is 0.831. The SMILES string of the molecule is CCOC(=O)N1CCN(C(=O)CCn2cccc2)CC1. The summed E-state index contributed by atoms with van der Waals surface area (Å²) in [7, 11) is 0. The second-order valence-corrected chi connectivity index (χ2v) is 4.74. The summed E-state index contributed by atoms with van der Waals surface area (Å²) in [6.07, 6.45) is 4.11. The summed E-state index contributed by atoms with van der Waals surface area (Å²) in [6, 6.07) is 3.89. The van der Waals surface area contributed by atoms with E-state index in [1.807, 2.05) is 34.0 Å². The molecular weight excluding hydrogens is 258 g/mol. The van der Waals surface area contributed by atoms with Gasteiger partial charge in [-0.25, -0.2) is 4.79 Å². The molecule has 0 atom stereocenters. The summed E-state index contributed by atoms with van der Waals surface area (Å²) in [5.41, 5.74) is 0. The first-order valence-corrected chi connectivity index (χ1v) is 7.01. The third kappa shape index (κ3) is 3.76. The highest BCUT2D eigenvalue weighted by atomic mass is 16.6. The Kier molecular flexibility index (Phi) is 5.03. The number of amides is 2. The van der Waals surface area contributed by atoms with Gasteiger partial charge in [-0.1, -0.05) is 0 Å². The molecule has 20 heavy (non-hydrogen) atoms. The lowest BCUT2D eigenvalue weighted by Gasteiger charge is -2.34.